The Bertz CT molecular complexity index is 497. The van der Waals surface area contributed by atoms with Crippen molar-refractivity contribution >= 4 is 21.4 Å². The molecule has 1 aromatic carbocycles. The van der Waals surface area contributed by atoms with E-state index in [9.17, 15) is 8.42 Å². The fourth-order valence-corrected chi connectivity index (χ4v) is 2.21. The molecule has 0 amide bonds. The van der Waals surface area contributed by atoms with Crippen LogP contribution in [0.4, 0.5) is 11.4 Å². The molecule has 0 atom stereocenters. The molecule has 0 aliphatic rings. The molecule has 0 unspecified atom stereocenters. The minimum absolute atomic E-state index is 0.0808. The fourth-order valence-electron chi connectivity index (χ4n) is 1.68. The number of hydrogen-bond acceptors (Lipinski definition) is 4. The van der Waals surface area contributed by atoms with E-state index in [0.29, 0.717) is 17.3 Å². The molecule has 0 spiro atoms. The number of hydrogen-bond donors (Lipinski definition) is 2. The fraction of sp³-hybridized carbons (Fsp3) is 0.455. The van der Waals surface area contributed by atoms with Crippen molar-refractivity contribution in [1.29, 1.82) is 0 Å². The molecule has 17 heavy (non-hydrogen) atoms. The summed E-state index contributed by atoms with van der Waals surface area (Å²) in [4.78, 5) is 2.01. The molecule has 0 saturated carbocycles. The number of nitrogen functional groups attached to an aromatic ring is 1. The molecule has 0 aromatic heterocycles. The maximum atomic E-state index is 11.3. The molecule has 1 rings (SSSR count). The highest BCUT2D eigenvalue weighted by molar-refractivity contribution is 7.89. The van der Waals surface area contributed by atoms with Crippen LogP contribution in [0.15, 0.2) is 23.1 Å². The van der Waals surface area contributed by atoms with Gasteiger partial charge in [0, 0.05) is 13.6 Å². The molecule has 1 aromatic rings. The lowest BCUT2D eigenvalue weighted by molar-refractivity contribution is 0.597. The Morgan fingerprint density at radius 3 is 2.41 bits per heavy atom. The Kier molecular flexibility index (Phi) is 4.00. The monoisotopic (exact) mass is 257 g/mol. The normalized spacial score (nSPS) is 11.8. The first-order valence-electron chi connectivity index (χ1n) is 5.35. The molecule has 0 saturated heterocycles. The number of anilines is 2. The first-order chi connectivity index (χ1) is 7.71. The molecular formula is C11H19N3O2S. The van der Waals surface area contributed by atoms with Crippen LogP contribution in [-0.2, 0) is 10.0 Å². The van der Waals surface area contributed by atoms with Crippen LogP contribution in [-0.4, -0.2) is 22.0 Å². The van der Waals surface area contributed by atoms with E-state index in [0.717, 1.165) is 6.54 Å². The lowest BCUT2D eigenvalue weighted by atomic mass is 10.2. The molecule has 0 aliphatic heterocycles. The summed E-state index contributed by atoms with van der Waals surface area (Å²) in [6, 6.07) is 4.48. The highest BCUT2D eigenvalue weighted by atomic mass is 32.2. The number of benzene rings is 1. The molecule has 5 nitrogen and oxygen atoms in total. The Morgan fingerprint density at radius 1 is 1.35 bits per heavy atom. The Labute approximate surface area is 102 Å². The molecule has 0 aliphatic carbocycles. The minimum Gasteiger partial charge on any atom is -0.397 e. The van der Waals surface area contributed by atoms with Gasteiger partial charge in [0.1, 0.15) is 0 Å². The van der Waals surface area contributed by atoms with E-state index in [1.54, 1.807) is 6.07 Å². The van der Waals surface area contributed by atoms with Gasteiger partial charge < -0.3 is 10.6 Å². The second kappa shape index (κ2) is 4.93. The van der Waals surface area contributed by atoms with Gasteiger partial charge in [-0.15, -0.1) is 0 Å². The second-order valence-corrected chi connectivity index (χ2v) is 6.10. The van der Waals surface area contributed by atoms with Crippen LogP contribution < -0.4 is 15.8 Å². The van der Waals surface area contributed by atoms with Crippen LogP contribution in [0.25, 0.3) is 0 Å². The van der Waals surface area contributed by atoms with Crippen LogP contribution >= 0.6 is 0 Å². The van der Waals surface area contributed by atoms with Gasteiger partial charge in [0.05, 0.1) is 16.3 Å². The van der Waals surface area contributed by atoms with Crippen molar-refractivity contribution in [3.8, 4) is 0 Å². The van der Waals surface area contributed by atoms with E-state index in [1.807, 2.05) is 11.9 Å². The van der Waals surface area contributed by atoms with Gasteiger partial charge in [0.25, 0.3) is 0 Å². The third kappa shape index (κ3) is 3.61. The number of sulfonamides is 1. The van der Waals surface area contributed by atoms with Gasteiger partial charge in [-0.25, -0.2) is 13.6 Å². The van der Waals surface area contributed by atoms with Crippen LogP contribution in [0.5, 0.6) is 0 Å². The molecule has 6 heteroatoms. The average Bonchev–Trinajstić information content (AvgIpc) is 2.15. The van der Waals surface area contributed by atoms with E-state index in [4.69, 9.17) is 10.9 Å². The lowest BCUT2D eigenvalue weighted by Gasteiger charge is -2.23. The van der Waals surface area contributed by atoms with Gasteiger partial charge >= 0.3 is 0 Å². The second-order valence-electron chi connectivity index (χ2n) is 4.54. The summed E-state index contributed by atoms with van der Waals surface area (Å²) < 4.78 is 22.5. The van der Waals surface area contributed by atoms with Crippen LogP contribution in [0.1, 0.15) is 13.8 Å². The topological polar surface area (TPSA) is 89.4 Å². The third-order valence-electron chi connectivity index (χ3n) is 2.38. The predicted molar refractivity (Wildman–Crippen MR) is 70.3 cm³/mol. The summed E-state index contributed by atoms with van der Waals surface area (Å²) in [5.41, 5.74) is 7.06. The SMILES string of the molecule is CC(C)CN(C)c1cc(S(N)(=O)=O)ccc1N. The molecular weight excluding hydrogens is 238 g/mol. The van der Waals surface area contributed by atoms with Gasteiger partial charge in [0.15, 0.2) is 0 Å². The number of primary sulfonamides is 1. The molecule has 0 heterocycles. The van der Waals surface area contributed by atoms with Crippen molar-refractivity contribution in [3.05, 3.63) is 18.2 Å². The summed E-state index contributed by atoms with van der Waals surface area (Å²) in [5.74, 6) is 0.456. The quantitative estimate of drug-likeness (QED) is 0.788. The first-order valence-corrected chi connectivity index (χ1v) is 6.90. The maximum Gasteiger partial charge on any atom is 0.238 e. The summed E-state index contributed by atoms with van der Waals surface area (Å²) in [7, 11) is -1.81. The predicted octanol–water partition coefficient (Wildman–Crippen LogP) is 1.01. The smallest absolute Gasteiger partial charge is 0.238 e. The van der Waals surface area contributed by atoms with Gasteiger partial charge in [-0.2, -0.15) is 0 Å². The molecule has 0 radical (unpaired) electrons. The van der Waals surface area contributed by atoms with Crippen molar-refractivity contribution in [3.63, 3.8) is 0 Å². The lowest BCUT2D eigenvalue weighted by Crippen LogP contribution is -2.24. The maximum absolute atomic E-state index is 11.3. The summed E-state index contributed by atoms with van der Waals surface area (Å²) in [6.07, 6.45) is 0. The molecule has 0 fully saturated rings. The average molecular weight is 257 g/mol. The van der Waals surface area contributed by atoms with E-state index in [1.165, 1.54) is 12.1 Å². The highest BCUT2D eigenvalue weighted by Gasteiger charge is 2.13. The van der Waals surface area contributed by atoms with Crippen molar-refractivity contribution < 1.29 is 8.42 Å². The summed E-state index contributed by atoms with van der Waals surface area (Å²) in [5, 5.41) is 5.09. The van der Waals surface area contributed by atoms with Gasteiger partial charge in [-0.05, 0) is 24.1 Å². The summed E-state index contributed by atoms with van der Waals surface area (Å²) in [6.45, 7) is 4.95. The van der Waals surface area contributed by atoms with E-state index in [2.05, 4.69) is 13.8 Å². The number of rotatable bonds is 4. The summed E-state index contributed by atoms with van der Waals surface area (Å²) >= 11 is 0. The molecule has 0 bridgehead atoms. The van der Waals surface area contributed by atoms with Crippen LogP contribution in [0.2, 0.25) is 0 Å². The minimum atomic E-state index is -3.69. The van der Waals surface area contributed by atoms with Crippen molar-refractivity contribution in [2.75, 3.05) is 24.2 Å². The zero-order chi connectivity index (χ0) is 13.2. The highest BCUT2D eigenvalue weighted by Crippen LogP contribution is 2.25. The van der Waals surface area contributed by atoms with Crippen molar-refractivity contribution in [1.82, 2.24) is 0 Å². The molecule has 96 valence electrons. The van der Waals surface area contributed by atoms with Crippen LogP contribution in [0, 0.1) is 5.92 Å². The zero-order valence-electron chi connectivity index (χ0n) is 10.3. The van der Waals surface area contributed by atoms with Crippen molar-refractivity contribution in [2.24, 2.45) is 11.1 Å². The van der Waals surface area contributed by atoms with E-state index in [-0.39, 0.29) is 4.90 Å². The van der Waals surface area contributed by atoms with E-state index >= 15 is 0 Å². The zero-order valence-corrected chi connectivity index (χ0v) is 11.2. The van der Waals surface area contributed by atoms with Crippen LogP contribution in [0.3, 0.4) is 0 Å². The largest absolute Gasteiger partial charge is 0.397 e. The third-order valence-corrected chi connectivity index (χ3v) is 3.29. The van der Waals surface area contributed by atoms with Gasteiger partial charge in [-0.1, -0.05) is 13.8 Å². The number of nitrogens with zero attached hydrogens (tertiary/aromatic N) is 1. The van der Waals surface area contributed by atoms with Gasteiger partial charge in [0.2, 0.25) is 10.0 Å². The number of nitrogens with two attached hydrogens (primary N) is 2. The molecule has 4 N–H and O–H groups in total. The Balaban J connectivity index is 3.15. The van der Waals surface area contributed by atoms with Gasteiger partial charge in [-0.3, -0.25) is 0 Å². The van der Waals surface area contributed by atoms with Crippen molar-refractivity contribution in [2.45, 2.75) is 18.7 Å². The standard InChI is InChI=1S/C11H19N3O2S/c1-8(2)7-14(3)11-6-9(17(13,15)16)4-5-10(11)12/h4-6,8H,7,12H2,1-3H3,(H2,13,15,16). The Hall–Kier alpha value is -1.27. The van der Waals surface area contributed by atoms with E-state index < -0.39 is 10.0 Å². The first kappa shape index (κ1) is 13.8. The Morgan fingerprint density at radius 2 is 1.94 bits per heavy atom.